The number of ether oxygens (including phenoxy) is 2. The molecular weight excluding hydrogens is 581 g/mol. The van der Waals surface area contributed by atoms with E-state index in [1.165, 1.54) is 31.9 Å². The summed E-state index contributed by atoms with van der Waals surface area (Å²) in [6.45, 7) is 8.11. The van der Waals surface area contributed by atoms with Crippen LogP contribution in [-0.4, -0.2) is 59.5 Å². The fourth-order valence-corrected chi connectivity index (χ4v) is 8.73. The van der Waals surface area contributed by atoms with E-state index in [9.17, 15) is 22.8 Å². The van der Waals surface area contributed by atoms with Gasteiger partial charge < -0.3 is 14.4 Å². The van der Waals surface area contributed by atoms with Gasteiger partial charge in [0.2, 0.25) is 0 Å². The Bertz CT molecular complexity index is 1570. The third kappa shape index (κ3) is 5.29. The highest BCUT2D eigenvalue weighted by atomic mass is 19.4. The van der Waals surface area contributed by atoms with Gasteiger partial charge in [-0.15, -0.1) is 0 Å². The van der Waals surface area contributed by atoms with Gasteiger partial charge >= 0.3 is 12.1 Å². The van der Waals surface area contributed by atoms with Gasteiger partial charge in [-0.05, 0) is 99.2 Å². The first-order chi connectivity index (χ1) is 21.5. The van der Waals surface area contributed by atoms with Crippen LogP contribution in [0.2, 0.25) is 0 Å². The number of esters is 1. The number of halogens is 3. The molecule has 0 unspecified atom stereocenters. The molecule has 2 aromatic rings. The van der Waals surface area contributed by atoms with Crippen molar-refractivity contribution >= 4 is 11.9 Å². The van der Waals surface area contributed by atoms with Crippen molar-refractivity contribution in [2.45, 2.75) is 89.1 Å². The van der Waals surface area contributed by atoms with Crippen LogP contribution in [0.3, 0.4) is 0 Å². The molecule has 0 N–H and O–H groups in total. The number of carbonyl (C=O) groups is 2. The quantitative estimate of drug-likeness (QED) is 0.226. The van der Waals surface area contributed by atoms with Crippen molar-refractivity contribution < 1.29 is 32.2 Å². The summed E-state index contributed by atoms with van der Waals surface area (Å²) in [4.78, 5) is 30.5. The Hall–Kier alpha value is -3.51. The van der Waals surface area contributed by atoms with Gasteiger partial charge in [0.05, 0.1) is 11.6 Å². The molecule has 6 nitrogen and oxygen atoms in total. The highest BCUT2D eigenvalue weighted by Crippen LogP contribution is 2.64. The van der Waals surface area contributed by atoms with E-state index < -0.39 is 11.7 Å². The average Bonchev–Trinajstić information content (AvgIpc) is 3.74. The van der Waals surface area contributed by atoms with E-state index in [0.717, 1.165) is 73.7 Å². The minimum absolute atomic E-state index is 0.173. The molecule has 3 fully saturated rings. The van der Waals surface area contributed by atoms with Crippen LogP contribution in [0.4, 0.5) is 13.2 Å². The van der Waals surface area contributed by atoms with Gasteiger partial charge in [-0.3, -0.25) is 14.5 Å². The lowest BCUT2D eigenvalue weighted by Gasteiger charge is -2.60. The molecular formula is C36H39F3N2O4. The van der Waals surface area contributed by atoms with Crippen LogP contribution < -0.4 is 9.47 Å². The predicted octanol–water partition coefficient (Wildman–Crippen LogP) is 5.98. The molecule has 9 heteroatoms. The lowest BCUT2D eigenvalue weighted by molar-refractivity contribution is -0.138. The fraction of sp³-hybridized carbons (Fsp3) is 0.556. The molecule has 2 aliphatic heterocycles. The summed E-state index contributed by atoms with van der Waals surface area (Å²) in [6, 6.07) is 8.45. The number of benzene rings is 2. The van der Waals surface area contributed by atoms with Crippen molar-refractivity contribution in [1.82, 2.24) is 9.80 Å². The molecule has 2 heterocycles. The highest BCUT2D eigenvalue weighted by molar-refractivity contribution is 5.94. The molecule has 7 rings (SSSR count). The Labute approximate surface area is 262 Å². The summed E-state index contributed by atoms with van der Waals surface area (Å²) in [5.41, 5.74) is 1.53. The number of hydrogen-bond acceptors (Lipinski definition) is 5. The summed E-state index contributed by atoms with van der Waals surface area (Å²) >= 11 is 0. The SMILES string of the molecule is CC(=O)Oc1ccc2c3c1C[C@@H]1[C@@H]4CC[C@@H](N(CC(C)C)C(=O)C#Cc5ccc(C(F)(F)F)cc5)[C@H](O2)[C@]34CCN1CC1CC1. The van der Waals surface area contributed by atoms with Gasteiger partial charge in [0.15, 0.2) is 0 Å². The molecule has 238 valence electrons. The van der Waals surface area contributed by atoms with E-state index in [4.69, 9.17) is 9.47 Å². The summed E-state index contributed by atoms with van der Waals surface area (Å²) in [6.07, 6.45) is 1.33. The first-order valence-electron chi connectivity index (χ1n) is 16.2. The Morgan fingerprint density at radius 2 is 1.87 bits per heavy atom. The first-order valence-corrected chi connectivity index (χ1v) is 16.2. The zero-order chi connectivity index (χ0) is 31.7. The fourth-order valence-electron chi connectivity index (χ4n) is 8.73. The normalized spacial score (nSPS) is 28.1. The van der Waals surface area contributed by atoms with Crippen LogP contribution in [-0.2, 0) is 27.6 Å². The minimum atomic E-state index is -4.43. The van der Waals surface area contributed by atoms with Crippen molar-refractivity contribution in [3.05, 3.63) is 58.7 Å². The number of alkyl halides is 3. The van der Waals surface area contributed by atoms with Gasteiger partial charge in [0, 0.05) is 54.1 Å². The van der Waals surface area contributed by atoms with Crippen LogP contribution in [0.1, 0.15) is 75.1 Å². The van der Waals surface area contributed by atoms with Crippen molar-refractivity contribution in [1.29, 1.82) is 0 Å². The summed E-state index contributed by atoms with van der Waals surface area (Å²) < 4.78 is 51.8. The second-order valence-electron chi connectivity index (χ2n) is 14.0. The van der Waals surface area contributed by atoms with Crippen LogP contribution in [0.25, 0.3) is 0 Å². The number of piperidine rings is 1. The number of carbonyl (C=O) groups excluding carboxylic acids is 2. The molecule has 1 spiro atoms. The van der Waals surface area contributed by atoms with Crippen LogP contribution in [0, 0.1) is 29.6 Å². The third-order valence-electron chi connectivity index (χ3n) is 10.6. The largest absolute Gasteiger partial charge is 0.487 e. The highest BCUT2D eigenvalue weighted by Gasteiger charge is 2.66. The lowest BCUT2D eigenvalue weighted by atomic mass is 9.50. The number of hydrogen-bond donors (Lipinski definition) is 0. The van der Waals surface area contributed by atoms with E-state index in [0.29, 0.717) is 29.8 Å². The number of nitrogens with zero attached hydrogens (tertiary/aromatic N) is 2. The second kappa shape index (κ2) is 11.1. The first kappa shape index (κ1) is 30.2. The van der Waals surface area contributed by atoms with Crippen molar-refractivity contribution in [2.24, 2.45) is 17.8 Å². The number of likely N-dealkylation sites (tertiary alicyclic amines) is 1. The molecule has 3 aliphatic carbocycles. The van der Waals surface area contributed by atoms with E-state index in [-0.39, 0.29) is 35.4 Å². The smallest absolute Gasteiger partial charge is 0.416 e. The Morgan fingerprint density at radius 1 is 1.11 bits per heavy atom. The molecule has 2 bridgehead atoms. The number of rotatable bonds is 6. The maximum Gasteiger partial charge on any atom is 0.416 e. The molecule has 0 aromatic heterocycles. The molecule has 1 saturated heterocycles. The van der Waals surface area contributed by atoms with Gasteiger partial charge in [-0.2, -0.15) is 13.2 Å². The minimum Gasteiger partial charge on any atom is -0.487 e. The van der Waals surface area contributed by atoms with E-state index >= 15 is 0 Å². The molecule has 5 aliphatic rings. The summed E-state index contributed by atoms with van der Waals surface area (Å²) in [7, 11) is 0. The van der Waals surface area contributed by atoms with Crippen molar-refractivity contribution in [3.8, 4) is 23.3 Å². The zero-order valence-corrected chi connectivity index (χ0v) is 26.0. The van der Waals surface area contributed by atoms with E-state index in [1.54, 1.807) is 0 Å². The second-order valence-corrected chi connectivity index (χ2v) is 14.0. The lowest BCUT2D eigenvalue weighted by Crippen LogP contribution is -2.69. The van der Waals surface area contributed by atoms with Gasteiger partial charge in [0.25, 0.3) is 5.91 Å². The maximum absolute atomic E-state index is 13.9. The van der Waals surface area contributed by atoms with Crippen LogP contribution >= 0.6 is 0 Å². The van der Waals surface area contributed by atoms with Gasteiger partial charge in [0.1, 0.15) is 17.6 Å². The van der Waals surface area contributed by atoms with E-state index in [2.05, 4.69) is 30.6 Å². The zero-order valence-electron chi connectivity index (χ0n) is 26.0. The average molecular weight is 621 g/mol. The molecule has 5 atom stereocenters. The maximum atomic E-state index is 13.9. The molecule has 2 saturated carbocycles. The van der Waals surface area contributed by atoms with Gasteiger partial charge in [-0.25, -0.2) is 0 Å². The molecule has 0 radical (unpaired) electrons. The standard InChI is InChI=1S/C36H39F3N2O4/c1-21(2)19-41(32(43)15-8-23-6-9-25(10-7-23)36(37,38)39)28-12-11-27-29-18-26-30(44-22(3)42)13-14-31-33(26)35(27,34(28)45-31)16-17-40(29)20-24-4-5-24/h6-7,9-10,13-14,21,24,27-29,34H,4-5,11-12,16-20H2,1-3H3/t27-,28+,29+,34-,35-/m0/s1. The number of amides is 1. The van der Waals surface area contributed by atoms with E-state index in [1.807, 2.05) is 17.0 Å². The van der Waals surface area contributed by atoms with Gasteiger partial charge in [-0.1, -0.05) is 19.8 Å². The Kier molecular flexibility index (Phi) is 7.43. The molecule has 45 heavy (non-hydrogen) atoms. The topological polar surface area (TPSA) is 59.1 Å². The van der Waals surface area contributed by atoms with Crippen molar-refractivity contribution in [2.75, 3.05) is 19.6 Å². The van der Waals surface area contributed by atoms with Crippen LogP contribution in [0.5, 0.6) is 11.5 Å². The summed E-state index contributed by atoms with van der Waals surface area (Å²) in [5.74, 6) is 7.61. The Morgan fingerprint density at radius 3 is 2.53 bits per heavy atom. The molecule has 2 aromatic carbocycles. The third-order valence-corrected chi connectivity index (χ3v) is 10.6. The molecule has 1 amide bonds. The Balaban J connectivity index is 1.24. The summed E-state index contributed by atoms with van der Waals surface area (Å²) in [5, 5.41) is 0. The predicted molar refractivity (Wildman–Crippen MR) is 162 cm³/mol. The van der Waals surface area contributed by atoms with Crippen LogP contribution in [0.15, 0.2) is 36.4 Å². The monoisotopic (exact) mass is 620 g/mol. The van der Waals surface area contributed by atoms with Crippen molar-refractivity contribution in [3.63, 3.8) is 0 Å².